The molecule has 0 bridgehead atoms. The van der Waals surface area contributed by atoms with Crippen LogP contribution >= 0.6 is 0 Å². The van der Waals surface area contributed by atoms with E-state index < -0.39 is 11.9 Å². The Kier molecular flexibility index (Phi) is 3.07. The van der Waals surface area contributed by atoms with Crippen molar-refractivity contribution in [2.75, 3.05) is 13.2 Å². The molecule has 5 heteroatoms. The molecular weight excluding hydrogens is 206 g/mol. The molecule has 0 aliphatic carbocycles. The molecule has 1 aliphatic rings. The van der Waals surface area contributed by atoms with Crippen LogP contribution in [0.3, 0.4) is 0 Å². The van der Waals surface area contributed by atoms with Crippen molar-refractivity contribution in [2.24, 2.45) is 11.5 Å². The molecule has 0 spiro atoms. The molecule has 2 rings (SSSR count). The summed E-state index contributed by atoms with van der Waals surface area (Å²) in [7, 11) is 0. The van der Waals surface area contributed by atoms with Gasteiger partial charge in [0, 0.05) is 12.1 Å². The monoisotopic (exact) mass is 221 g/mol. The van der Waals surface area contributed by atoms with Crippen molar-refractivity contribution in [1.82, 2.24) is 5.32 Å². The Bertz CT molecular complexity index is 395. The molecule has 0 saturated heterocycles. The highest BCUT2D eigenvalue weighted by Gasteiger charge is 2.23. The molecule has 2 unspecified atom stereocenters. The van der Waals surface area contributed by atoms with E-state index in [9.17, 15) is 4.79 Å². The minimum Gasteiger partial charge on any atom is -0.491 e. The first kappa shape index (κ1) is 10.9. The summed E-state index contributed by atoms with van der Waals surface area (Å²) in [5.41, 5.74) is 11.7. The first-order valence-electron chi connectivity index (χ1n) is 5.18. The zero-order chi connectivity index (χ0) is 11.5. The number of hydrogen-bond donors (Lipinski definition) is 3. The van der Waals surface area contributed by atoms with Gasteiger partial charge in [-0.2, -0.15) is 0 Å². The Morgan fingerprint density at radius 1 is 1.56 bits per heavy atom. The normalized spacial score (nSPS) is 19.9. The summed E-state index contributed by atoms with van der Waals surface area (Å²) in [4.78, 5) is 10.8. The lowest BCUT2D eigenvalue weighted by molar-refractivity contribution is -0.119. The Labute approximate surface area is 93.8 Å². The van der Waals surface area contributed by atoms with Crippen LogP contribution in [0.2, 0.25) is 0 Å². The lowest BCUT2D eigenvalue weighted by Gasteiger charge is -2.14. The summed E-state index contributed by atoms with van der Waals surface area (Å²) in [5.74, 6) is 0.382. The minimum absolute atomic E-state index is 0.0848. The van der Waals surface area contributed by atoms with Gasteiger partial charge in [0.15, 0.2) is 0 Å². The molecule has 5 N–H and O–H groups in total. The number of fused-ring (bicyclic) bond motifs is 1. The van der Waals surface area contributed by atoms with Crippen LogP contribution < -0.4 is 21.5 Å². The zero-order valence-corrected chi connectivity index (χ0v) is 8.85. The van der Waals surface area contributed by atoms with Crippen molar-refractivity contribution in [1.29, 1.82) is 0 Å². The molecule has 0 aromatic heterocycles. The van der Waals surface area contributed by atoms with Crippen molar-refractivity contribution in [3.8, 4) is 5.75 Å². The van der Waals surface area contributed by atoms with E-state index in [-0.39, 0.29) is 6.04 Å². The third kappa shape index (κ3) is 2.15. The van der Waals surface area contributed by atoms with Gasteiger partial charge in [-0.05, 0) is 6.07 Å². The third-order valence-corrected chi connectivity index (χ3v) is 2.65. The molecule has 5 nitrogen and oxygen atoms in total. The molecule has 1 aliphatic heterocycles. The smallest absolute Gasteiger partial charge is 0.235 e. The summed E-state index contributed by atoms with van der Waals surface area (Å²) >= 11 is 0. The average molecular weight is 221 g/mol. The second-order valence-electron chi connectivity index (χ2n) is 3.82. The van der Waals surface area contributed by atoms with Crippen molar-refractivity contribution in [3.05, 3.63) is 29.8 Å². The molecule has 1 amide bonds. The largest absolute Gasteiger partial charge is 0.491 e. The fourth-order valence-corrected chi connectivity index (χ4v) is 1.70. The van der Waals surface area contributed by atoms with Crippen molar-refractivity contribution in [2.45, 2.75) is 12.1 Å². The Hall–Kier alpha value is -1.59. The molecule has 1 aromatic rings. The molecule has 1 aromatic carbocycles. The summed E-state index contributed by atoms with van der Waals surface area (Å²) in [6.07, 6.45) is 0. The van der Waals surface area contributed by atoms with Crippen LogP contribution in [0.15, 0.2) is 24.3 Å². The maximum atomic E-state index is 10.8. The lowest BCUT2D eigenvalue weighted by atomic mass is 10.1. The minimum atomic E-state index is -0.659. The Morgan fingerprint density at radius 3 is 3.06 bits per heavy atom. The standard InChI is InChI=1S/C11H15N3O2/c12-8(11(13)15)5-14-9-6-16-10-4-2-1-3-7(9)10/h1-4,8-9,14H,5-6,12H2,(H2,13,15). The number of rotatable bonds is 4. The van der Waals surface area contributed by atoms with Crippen LogP contribution in [0.1, 0.15) is 11.6 Å². The van der Waals surface area contributed by atoms with Crippen LogP contribution in [-0.4, -0.2) is 25.1 Å². The van der Waals surface area contributed by atoms with E-state index in [0.29, 0.717) is 13.2 Å². The molecular formula is C11H15N3O2. The van der Waals surface area contributed by atoms with E-state index in [1.165, 1.54) is 0 Å². The first-order chi connectivity index (χ1) is 7.68. The second kappa shape index (κ2) is 4.51. The number of primary amides is 1. The summed E-state index contributed by atoms with van der Waals surface area (Å²) in [6.45, 7) is 0.919. The molecule has 16 heavy (non-hydrogen) atoms. The number of ether oxygens (including phenoxy) is 1. The second-order valence-corrected chi connectivity index (χ2v) is 3.82. The van der Waals surface area contributed by atoms with Gasteiger partial charge in [0.2, 0.25) is 5.91 Å². The number of carbonyl (C=O) groups excluding carboxylic acids is 1. The molecule has 0 radical (unpaired) electrons. The summed E-state index contributed by atoms with van der Waals surface area (Å²) < 4.78 is 5.48. The molecule has 0 saturated carbocycles. The number of nitrogens with one attached hydrogen (secondary N) is 1. The van der Waals surface area contributed by atoms with Gasteiger partial charge in [-0.3, -0.25) is 4.79 Å². The highest BCUT2D eigenvalue weighted by molar-refractivity contribution is 5.79. The number of nitrogens with two attached hydrogens (primary N) is 2. The third-order valence-electron chi connectivity index (χ3n) is 2.65. The van der Waals surface area contributed by atoms with E-state index >= 15 is 0 Å². The van der Waals surface area contributed by atoms with Crippen LogP contribution in [0.4, 0.5) is 0 Å². The predicted octanol–water partition coefficient (Wildman–Crippen LogP) is -0.478. The molecule has 1 heterocycles. The van der Waals surface area contributed by atoms with Gasteiger partial charge in [-0.15, -0.1) is 0 Å². The summed E-state index contributed by atoms with van der Waals surface area (Å²) in [5, 5.41) is 3.17. The van der Waals surface area contributed by atoms with Crippen molar-refractivity contribution >= 4 is 5.91 Å². The fourth-order valence-electron chi connectivity index (χ4n) is 1.70. The molecule has 0 fully saturated rings. The van der Waals surface area contributed by atoms with Gasteiger partial charge in [0.1, 0.15) is 12.4 Å². The molecule has 2 atom stereocenters. The molecule has 86 valence electrons. The van der Waals surface area contributed by atoms with Crippen LogP contribution in [-0.2, 0) is 4.79 Å². The van der Waals surface area contributed by atoms with E-state index in [1.807, 2.05) is 24.3 Å². The van der Waals surface area contributed by atoms with Gasteiger partial charge in [-0.25, -0.2) is 0 Å². The number of benzene rings is 1. The van der Waals surface area contributed by atoms with Gasteiger partial charge in [0.25, 0.3) is 0 Å². The van der Waals surface area contributed by atoms with Crippen molar-refractivity contribution < 1.29 is 9.53 Å². The SMILES string of the molecule is NC(=O)C(N)CNC1COc2ccccc21. The predicted molar refractivity (Wildman–Crippen MR) is 59.9 cm³/mol. The Morgan fingerprint density at radius 2 is 2.31 bits per heavy atom. The Balaban J connectivity index is 1.96. The van der Waals surface area contributed by atoms with E-state index in [2.05, 4.69) is 5.32 Å². The maximum Gasteiger partial charge on any atom is 0.235 e. The fraction of sp³-hybridized carbons (Fsp3) is 0.364. The number of carbonyl (C=O) groups is 1. The van der Waals surface area contributed by atoms with Gasteiger partial charge in [0.05, 0.1) is 12.1 Å². The van der Waals surface area contributed by atoms with E-state index in [0.717, 1.165) is 11.3 Å². The number of hydrogen-bond acceptors (Lipinski definition) is 4. The quantitative estimate of drug-likeness (QED) is 0.640. The highest BCUT2D eigenvalue weighted by Crippen LogP contribution is 2.31. The number of para-hydroxylation sites is 1. The van der Waals surface area contributed by atoms with Crippen LogP contribution in [0.25, 0.3) is 0 Å². The zero-order valence-electron chi connectivity index (χ0n) is 8.85. The topological polar surface area (TPSA) is 90.4 Å². The average Bonchev–Trinajstić information content (AvgIpc) is 2.69. The van der Waals surface area contributed by atoms with Gasteiger partial charge >= 0.3 is 0 Å². The number of amides is 1. The summed E-state index contributed by atoms with van der Waals surface area (Å²) in [6, 6.07) is 7.22. The first-order valence-corrected chi connectivity index (χ1v) is 5.18. The maximum absolute atomic E-state index is 10.8. The van der Waals surface area contributed by atoms with E-state index in [1.54, 1.807) is 0 Å². The van der Waals surface area contributed by atoms with Crippen LogP contribution in [0.5, 0.6) is 5.75 Å². The lowest BCUT2D eigenvalue weighted by Crippen LogP contribution is -2.45. The van der Waals surface area contributed by atoms with Gasteiger partial charge < -0.3 is 21.5 Å². The van der Waals surface area contributed by atoms with Gasteiger partial charge in [-0.1, -0.05) is 18.2 Å². The van der Waals surface area contributed by atoms with Crippen LogP contribution in [0, 0.1) is 0 Å². The van der Waals surface area contributed by atoms with Crippen molar-refractivity contribution in [3.63, 3.8) is 0 Å². The highest BCUT2D eigenvalue weighted by atomic mass is 16.5. The van der Waals surface area contributed by atoms with E-state index in [4.69, 9.17) is 16.2 Å².